The first kappa shape index (κ1) is 11.9. The Balaban J connectivity index is 1.63. The maximum Gasteiger partial charge on any atom is 0.0264 e. The largest absolute Gasteiger partial charge is 0.311 e. The number of nitrogens with one attached hydrogen (secondary N) is 1. The Bertz CT molecular complexity index is 256. The minimum Gasteiger partial charge on any atom is -0.311 e. The van der Waals surface area contributed by atoms with Gasteiger partial charge in [-0.15, -0.1) is 0 Å². The van der Waals surface area contributed by atoms with Crippen LogP contribution in [0.4, 0.5) is 0 Å². The standard InChI is InChI=1S/C14H27N3/c1-2-12-11-17(10-7-15-12)14-6-9-16-8-4-3-5-13(14)16/h12-15H,2-11H2,1H3. The lowest BCUT2D eigenvalue weighted by molar-refractivity contribution is 0.0894. The Morgan fingerprint density at radius 1 is 1.00 bits per heavy atom. The van der Waals surface area contributed by atoms with E-state index >= 15 is 0 Å². The van der Waals surface area contributed by atoms with Crippen molar-refractivity contribution in [3.8, 4) is 0 Å². The summed E-state index contributed by atoms with van der Waals surface area (Å²) >= 11 is 0. The molecular formula is C14H27N3. The molecule has 3 saturated heterocycles. The fraction of sp³-hybridized carbons (Fsp3) is 1.00. The Hall–Kier alpha value is -0.120. The summed E-state index contributed by atoms with van der Waals surface area (Å²) in [4.78, 5) is 5.55. The van der Waals surface area contributed by atoms with Crippen molar-refractivity contribution < 1.29 is 0 Å². The first-order chi connectivity index (χ1) is 8.38. The Morgan fingerprint density at radius 2 is 1.88 bits per heavy atom. The molecule has 3 heterocycles. The van der Waals surface area contributed by atoms with Crippen LogP contribution in [0.15, 0.2) is 0 Å². The van der Waals surface area contributed by atoms with Crippen LogP contribution in [0.1, 0.15) is 39.0 Å². The number of nitrogens with zero attached hydrogens (tertiary/aromatic N) is 2. The predicted molar refractivity (Wildman–Crippen MR) is 71.3 cm³/mol. The van der Waals surface area contributed by atoms with E-state index in [9.17, 15) is 0 Å². The van der Waals surface area contributed by atoms with Crippen LogP contribution in [0, 0.1) is 0 Å². The van der Waals surface area contributed by atoms with E-state index in [1.165, 1.54) is 64.8 Å². The van der Waals surface area contributed by atoms with Gasteiger partial charge in [0.1, 0.15) is 0 Å². The predicted octanol–water partition coefficient (Wildman–Crippen LogP) is 1.30. The summed E-state index contributed by atoms with van der Waals surface area (Å²) in [6, 6.07) is 2.49. The molecule has 3 rings (SSSR count). The van der Waals surface area contributed by atoms with Gasteiger partial charge in [-0.3, -0.25) is 9.80 Å². The zero-order valence-corrected chi connectivity index (χ0v) is 11.2. The van der Waals surface area contributed by atoms with Gasteiger partial charge in [-0.05, 0) is 32.2 Å². The number of piperidine rings is 1. The molecule has 17 heavy (non-hydrogen) atoms. The topological polar surface area (TPSA) is 18.5 Å². The van der Waals surface area contributed by atoms with Crippen LogP contribution in [0.2, 0.25) is 0 Å². The Labute approximate surface area is 106 Å². The number of hydrogen-bond acceptors (Lipinski definition) is 3. The van der Waals surface area contributed by atoms with Crippen LogP contribution >= 0.6 is 0 Å². The second-order valence-electron chi connectivity index (χ2n) is 6.01. The molecule has 3 unspecified atom stereocenters. The molecule has 0 aliphatic carbocycles. The van der Waals surface area contributed by atoms with Crippen molar-refractivity contribution in [2.45, 2.75) is 57.2 Å². The number of piperazine rings is 1. The average molecular weight is 237 g/mol. The molecule has 3 atom stereocenters. The van der Waals surface area contributed by atoms with Gasteiger partial charge in [0.15, 0.2) is 0 Å². The van der Waals surface area contributed by atoms with Gasteiger partial charge < -0.3 is 5.32 Å². The van der Waals surface area contributed by atoms with Gasteiger partial charge in [0.25, 0.3) is 0 Å². The van der Waals surface area contributed by atoms with E-state index in [-0.39, 0.29) is 0 Å². The second kappa shape index (κ2) is 5.25. The van der Waals surface area contributed by atoms with Crippen molar-refractivity contribution in [1.29, 1.82) is 0 Å². The van der Waals surface area contributed by atoms with Crippen molar-refractivity contribution in [1.82, 2.24) is 15.1 Å². The first-order valence-corrected chi connectivity index (χ1v) is 7.60. The highest BCUT2D eigenvalue weighted by Crippen LogP contribution is 2.30. The van der Waals surface area contributed by atoms with E-state index in [0.717, 1.165) is 18.1 Å². The van der Waals surface area contributed by atoms with Crippen LogP contribution in [-0.4, -0.2) is 60.6 Å². The summed E-state index contributed by atoms with van der Waals surface area (Å²) in [5, 5.41) is 3.64. The summed E-state index contributed by atoms with van der Waals surface area (Å²) in [7, 11) is 0. The van der Waals surface area contributed by atoms with Gasteiger partial charge >= 0.3 is 0 Å². The van der Waals surface area contributed by atoms with Gasteiger partial charge in [0.05, 0.1) is 0 Å². The molecule has 0 spiro atoms. The first-order valence-electron chi connectivity index (χ1n) is 7.60. The van der Waals surface area contributed by atoms with Crippen molar-refractivity contribution >= 4 is 0 Å². The molecule has 98 valence electrons. The minimum absolute atomic E-state index is 0.737. The highest BCUT2D eigenvalue weighted by Gasteiger charge is 2.39. The highest BCUT2D eigenvalue weighted by molar-refractivity contribution is 4.97. The molecule has 0 aromatic heterocycles. The molecule has 3 nitrogen and oxygen atoms in total. The van der Waals surface area contributed by atoms with E-state index in [1.807, 2.05) is 0 Å². The van der Waals surface area contributed by atoms with Crippen LogP contribution in [0.25, 0.3) is 0 Å². The molecular weight excluding hydrogens is 210 g/mol. The number of fused-ring (bicyclic) bond motifs is 1. The van der Waals surface area contributed by atoms with Crippen LogP contribution in [-0.2, 0) is 0 Å². The maximum atomic E-state index is 3.64. The molecule has 0 amide bonds. The van der Waals surface area contributed by atoms with E-state index in [4.69, 9.17) is 0 Å². The SMILES string of the molecule is CCC1CN(C2CCN3CCCCC23)CCN1. The smallest absolute Gasteiger partial charge is 0.0264 e. The lowest BCUT2D eigenvalue weighted by atomic mass is 9.96. The van der Waals surface area contributed by atoms with Gasteiger partial charge in [-0.1, -0.05) is 13.3 Å². The molecule has 3 aliphatic rings. The normalized spacial score (nSPS) is 40.4. The van der Waals surface area contributed by atoms with Gasteiger partial charge in [0.2, 0.25) is 0 Å². The summed E-state index contributed by atoms with van der Waals surface area (Å²) in [6.07, 6.45) is 7.04. The van der Waals surface area contributed by atoms with E-state index < -0.39 is 0 Å². The fourth-order valence-corrected chi connectivity index (χ4v) is 4.07. The summed E-state index contributed by atoms with van der Waals surface area (Å²) in [6.45, 7) is 8.78. The fourth-order valence-electron chi connectivity index (χ4n) is 4.07. The summed E-state index contributed by atoms with van der Waals surface area (Å²) < 4.78 is 0. The average Bonchev–Trinajstić information content (AvgIpc) is 2.82. The lowest BCUT2D eigenvalue weighted by Crippen LogP contribution is -2.56. The summed E-state index contributed by atoms with van der Waals surface area (Å²) in [5.41, 5.74) is 0. The molecule has 1 N–H and O–H groups in total. The molecule has 3 aliphatic heterocycles. The third kappa shape index (κ3) is 2.38. The Morgan fingerprint density at radius 3 is 2.76 bits per heavy atom. The Kier molecular flexibility index (Phi) is 3.69. The third-order valence-electron chi connectivity index (χ3n) is 5.07. The van der Waals surface area contributed by atoms with Gasteiger partial charge in [0, 0.05) is 44.3 Å². The highest BCUT2D eigenvalue weighted by atomic mass is 15.3. The zero-order valence-electron chi connectivity index (χ0n) is 11.2. The maximum absolute atomic E-state index is 3.64. The molecule has 0 saturated carbocycles. The van der Waals surface area contributed by atoms with Crippen LogP contribution in [0.3, 0.4) is 0 Å². The second-order valence-corrected chi connectivity index (χ2v) is 6.01. The van der Waals surface area contributed by atoms with Crippen LogP contribution in [0.5, 0.6) is 0 Å². The van der Waals surface area contributed by atoms with Gasteiger partial charge in [-0.25, -0.2) is 0 Å². The van der Waals surface area contributed by atoms with E-state index in [0.29, 0.717) is 0 Å². The molecule has 3 heteroatoms. The lowest BCUT2D eigenvalue weighted by Gasteiger charge is -2.42. The van der Waals surface area contributed by atoms with Crippen LogP contribution < -0.4 is 5.32 Å². The van der Waals surface area contributed by atoms with E-state index in [2.05, 4.69) is 22.0 Å². The number of hydrogen-bond donors (Lipinski definition) is 1. The van der Waals surface area contributed by atoms with Crippen molar-refractivity contribution in [2.75, 3.05) is 32.7 Å². The van der Waals surface area contributed by atoms with Crippen molar-refractivity contribution in [3.63, 3.8) is 0 Å². The van der Waals surface area contributed by atoms with Crippen molar-refractivity contribution in [3.05, 3.63) is 0 Å². The minimum atomic E-state index is 0.737. The zero-order chi connectivity index (χ0) is 11.7. The molecule has 0 aromatic rings. The quantitative estimate of drug-likeness (QED) is 0.781. The molecule has 0 bridgehead atoms. The monoisotopic (exact) mass is 237 g/mol. The number of rotatable bonds is 2. The van der Waals surface area contributed by atoms with Gasteiger partial charge in [-0.2, -0.15) is 0 Å². The van der Waals surface area contributed by atoms with Crippen molar-refractivity contribution in [2.24, 2.45) is 0 Å². The molecule has 0 aromatic carbocycles. The molecule has 0 radical (unpaired) electrons. The van der Waals surface area contributed by atoms with E-state index in [1.54, 1.807) is 0 Å². The summed E-state index contributed by atoms with van der Waals surface area (Å²) in [5.74, 6) is 0. The third-order valence-corrected chi connectivity index (χ3v) is 5.07. The molecule has 3 fully saturated rings.